The largest absolute Gasteiger partial charge is 0.560 e. The average molecular weight is 472 g/mol. The number of benzene rings is 2. The number of fused-ring (bicyclic) bond motifs is 9. The minimum absolute atomic E-state index is 0.154. The molecule has 1 saturated heterocycles. The summed E-state index contributed by atoms with van der Waals surface area (Å²) < 4.78 is 6.71. The number of hydrogen-bond acceptors (Lipinski definition) is 3. The van der Waals surface area contributed by atoms with Gasteiger partial charge >= 0.3 is 6.92 Å². The highest BCUT2D eigenvalue weighted by Crippen LogP contribution is 2.74. The summed E-state index contributed by atoms with van der Waals surface area (Å²) in [6.45, 7) is 11.7. The first kappa shape index (κ1) is 22.0. The van der Waals surface area contributed by atoms with Crippen LogP contribution in [0.4, 0.5) is 0 Å². The number of nitrogens with zero attached hydrogens (tertiary/aromatic N) is 1. The maximum absolute atomic E-state index is 6.71. The van der Waals surface area contributed by atoms with Crippen LogP contribution in [0.5, 0.6) is 5.75 Å². The van der Waals surface area contributed by atoms with E-state index in [4.69, 9.17) is 10.4 Å². The van der Waals surface area contributed by atoms with Gasteiger partial charge in [0.15, 0.2) is 0 Å². The van der Waals surface area contributed by atoms with Gasteiger partial charge in [0.2, 0.25) is 0 Å². The van der Waals surface area contributed by atoms with Gasteiger partial charge in [0.1, 0.15) is 0 Å². The molecule has 2 heterocycles. The molecular formula is C32H33BN2O. The maximum atomic E-state index is 6.71. The molecule has 4 heteroatoms. The van der Waals surface area contributed by atoms with Gasteiger partial charge in [0, 0.05) is 12.4 Å². The molecule has 2 aromatic carbocycles. The van der Waals surface area contributed by atoms with Crippen molar-refractivity contribution in [3.63, 3.8) is 0 Å². The topological polar surface area (TPSA) is 48.1 Å². The highest BCUT2D eigenvalue weighted by Gasteiger charge is 2.72. The van der Waals surface area contributed by atoms with E-state index in [0.717, 1.165) is 5.75 Å². The zero-order valence-electron chi connectivity index (χ0n) is 21.8. The van der Waals surface area contributed by atoms with E-state index in [1.807, 2.05) is 6.20 Å². The van der Waals surface area contributed by atoms with Crippen molar-refractivity contribution in [3.05, 3.63) is 107 Å². The summed E-state index contributed by atoms with van der Waals surface area (Å²) in [5.41, 5.74) is 16.3. The highest BCUT2D eigenvalue weighted by molar-refractivity contribution is 6.73. The van der Waals surface area contributed by atoms with E-state index in [9.17, 15) is 0 Å². The van der Waals surface area contributed by atoms with Crippen molar-refractivity contribution in [2.45, 2.75) is 63.0 Å². The maximum Gasteiger partial charge on any atom is 0.369 e. The van der Waals surface area contributed by atoms with Crippen LogP contribution in [0.1, 0.15) is 69.2 Å². The van der Waals surface area contributed by atoms with Gasteiger partial charge in [-0.1, -0.05) is 63.6 Å². The Labute approximate surface area is 214 Å². The Morgan fingerprint density at radius 3 is 2.44 bits per heavy atom. The lowest BCUT2D eigenvalue weighted by atomic mass is 9.66. The van der Waals surface area contributed by atoms with Gasteiger partial charge in [-0.05, 0) is 105 Å². The van der Waals surface area contributed by atoms with Gasteiger partial charge in [0.25, 0.3) is 0 Å². The molecular weight excluding hydrogens is 439 g/mol. The standard InChI is InChI=1S/C32H33BN2O/c1-19-21(12-14-34)25-17-26(25)24-13-15-35-18-29(24)32(19)27-9-7-6-8-22(27)23-11-10-20(16-28(23)32)36-33-30(2,3)31(33,4)5/h6-16,18,25-26H,17,34H2,1-5H3/b14-12-. The second kappa shape index (κ2) is 6.94. The lowest BCUT2D eigenvalue weighted by molar-refractivity contribution is 0.576. The van der Waals surface area contributed by atoms with E-state index in [-0.39, 0.29) is 17.5 Å². The Kier molecular flexibility index (Phi) is 4.23. The summed E-state index contributed by atoms with van der Waals surface area (Å²) in [5, 5.41) is 0.309. The third-order valence-electron chi connectivity index (χ3n) is 10.3. The fraction of sp³-hybridized carbons (Fsp3) is 0.344. The van der Waals surface area contributed by atoms with Gasteiger partial charge in [-0.15, -0.1) is 0 Å². The fourth-order valence-corrected chi connectivity index (χ4v) is 7.57. The molecule has 3 aromatic rings. The van der Waals surface area contributed by atoms with Crippen molar-refractivity contribution in [1.82, 2.24) is 4.98 Å². The van der Waals surface area contributed by atoms with Crippen molar-refractivity contribution in [2.75, 3.05) is 0 Å². The first-order valence-corrected chi connectivity index (χ1v) is 13.2. The zero-order chi connectivity index (χ0) is 25.0. The van der Waals surface area contributed by atoms with E-state index in [0.29, 0.717) is 11.8 Å². The number of nitrogens with two attached hydrogens (primary N) is 1. The minimum Gasteiger partial charge on any atom is -0.560 e. The van der Waals surface area contributed by atoms with Crippen LogP contribution in [0.2, 0.25) is 10.6 Å². The molecule has 1 aliphatic heterocycles. The van der Waals surface area contributed by atoms with Gasteiger partial charge in [0.05, 0.1) is 11.2 Å². The van der Waals surface area contributed by atoms with Crippen LogP contribution in [0.15, 0.2) is 84.3 Å². The van der Waals surface area contributed by atoms with E-state index in [1.54, 1.807) is 6.20 Å². The first-order valence-electron chi connectivity index (χ1n) is 13.2. The molecule has 3 unspecified atom stereocenters. The highest BCUT2D eigenvalue weighted by atomic mass is 16.4. The molecule has 3 aliphatic carbocycles. The van der Waals surface area contributed by atoms with Crippen LogP contribution in [-0.4, -0.2) is 11.9 Å². The smallest absolute Gasteiger partial charge is 0.369 e. The van der Waals surface area contributed by atoms with Crippen molar-refractivity contribution < 1.29 is 4.65 Å². The summed E-state index contributed by atoms with van der Waals surface area (Å²) in [7, 11) is 0. The van der Waals surface area contributed by atoms with Crippen LogP contribution >= 0.6 is 0 Å². The van der Waals surface area contributed by atoms with E-state index >= 15 is 0 Å². The zero-order valence-corrected chi connectivity index (χ0v) is 21.8. The van der Waals surface area contributed by atoms with Gasteiger partial charge in [-0.2, -0.15) is 0 Å². The molecule has 2 fully saturated rings. The number of pyridine rings is 1. The Morgan fingerprint density at radius 1 is 0.944 bits per heavy atom. The van der Waals surface area contributed by atoms with E-state index in [1.165, 1.54) is 50.9 Å². The minimum atomic E-state index is -0.411. The Balaban J connectivity index is 1.52. The average Bonchev–Trinajstić information content (AvgIpc) is 3.70. The Bertz CT molecular complexity index is 1490. The lowest BCUT2D eigenvalue weighted by Gasteiger charge is -2.36. The predicted octanol–water partition coefficient (Wildman–Crippen LogP) is 7.25. The van der Waals surface area contributed by atoms with Crippen molar-refractivity contribution >= 4 is 6.92 Å². The molecule has 0 bridgehead atoms. The van der Waals surface area contributed by atoms with Crippen LogP contribution in [0.25, 0.3) is 11.1 Å². The normalized spacial score (nSPS) is 27.9. The molecule has 4 aliphatic rings. The summed E-state index contributed by atoms with van der Waals surface area (Å²) in [4.78, 5) is 4.69. The van der Waals surface area contributed by atoms with Crippen LogP contribution < -0.4 is 10.4 Å². The lowest BCUT2D eigenvalue weighted by Crippen LogP contribution is -2.30. The van der Waals surface area contributed by atoms with Crippen molar-refractivity contribution in [1.29, 1.82) is 0 Å². The summed E-state index contributed by atoms with van der Waals surface area (Å²) in [6, 6.07) is 17.9. The predicted molar refractivity (Wildman–Crippen MR) is 147 cm³/mol. The molecule has 3 atom stereocenters. The number of aromatic nitrogens is 1. The molecule has 180 valence electrons. The third-order valence-corrected chi connectivity index (χ3v) is 10.3. The molecule has 2 N–H and O–H groups in total. The SMILES string of the molecule is CC1=C(/C=C\N)C2CC2c2ccncc2C12c1ccccc1-c1ccc(OB3C(C)(C)C3(C)C)cc12. The summed E-state index contributed by atoms with van der Waals surface area (Å²) >= 11 is 0. The van der Waals surface area contributed by atoms with E-state index in [2.05, 4.69) is 100 Å². The molecule has 1 spiro atoms. The van der Waals surface area contributed by atoms with Crippen molar-refractivity contribution in [2.24, 2.45) is 11.7 Å². The Hall–Kier alpha value is -3.27. The van der Waals surface area contributed by atoms with Crippen LogP contribution in [0.3, 0.4) is 0 Å². The summed E-state index contributed by atoms with van der Waals surface area (Å²) in [5.74, 6) is 1.98. The van der Waals surface area contributed by atoms with Gasteiger partial charge < -0.3 is 10.4 Å². The van der Waals surface area contributed by atoms with Crippen LogP contribution in [-0.2, 0) is 5.41 Å². The third kappa shape index (κ3) is 2.53. The molecule has 7 rings (SSSR count). The summed E-state index contributed by atoms with van der Waals surface area (Å²) in [6.07, 6.45) is 9.12. The Morgan fingerprint density at radius 2 is 1.69 bits per heavy atom. The molecule has 0 amide bonds. The first-order chi connectivity index (χ1) is 17.2. The van der Waals surface area contributed by atoms with Crippen molar-refractivity contribution in [3.8, 4) is 16.9 Å². The molecule has 0 radical (unpaired) electrons. The monoisotopic (exact) mass is 472 g/mol. The number of allylic oxidation sites excluding steroid dienone is 3. The van der Waals surface area contributed by atoms with Crippen LogP contribution in [0, 0.1) is 5.92 Å². The van der Waals surface area contributed by atoms with Gasteiger partial charge in [-0.25, -0.2) is 0 Å². The molecule has 1 aromatic heterocycles. The molecule has 3 nitrogen and oxygen atoms in total. The second-order valence-corrected chi connectivity index (χ2v) is 12.3. The number of hydrogen-bond donors (Lipinski definition) is 1. The second-order valence-electron chi connectivity index (χ2n) is 12.3. The molecule has 1 saturated carbocycles. The number of rotatable bonds is 3. The molecule has 36 heavy (non-hydrogen) atoms. The van der Waals surface area contributed by atoms with Gasteiger partial charge in [-0.3, -0.25) is 4.98 Å². The fourth-order valence-electron chi connectivity index (χ4n) is 7.57. The van der Waals surface area contributed by atoms with E-state index < -0.39 is 5.41 Å². The quantitative estimate of drug-likeness (QED) is 0.409.